The highest BCUT2D eigenvalue weighted by molar-refractivity contribution is 5.82. The van der Waals surface area contributed by atoms with Crippen LogP contribution >= 0.6 is 0 Å². The first kappa shape index (κ1) is 13.3. The van der Waals surface area contributed by atoms with Crippen LogP contribution in [-0.4, -0.2) is 49.6 Å². The molecule has 94 valence electrons. The van der Waals surface area contributed by atoms with Crippen molar-refractivity contribution >= 4 is 11.9 Å². The van der Waals surface area contributed by atoms with Gasteiger partial charge < -0.3 is 20.7 Å². The lowest BCUT2D eigenvalue weighted by Gasteiger charge is -2.21. The Hall–Kier alpha value is -1.81. The molecule has 0 spiro atoms. The molecule has 1 aliphatic rings. The molecule has 1 atom stereocenters. The summed E-state index contributed by atoms with van der Waals surface area (Å²) in [6, 6.07) is -0.758. The minimum atomic E-state index is -0.758. The Morgan fingerprint density at radius 2 is 2.29 bits per heavy atom. The summed E-state index contributed by atoms with van der Waals surface area (Å²) in [6.07, 6.45) is 3.90. The summed E-state index contributed by atoms with van der Waals surface area (Å²) in [5.41, 5.74) is 5.58. The molecule has 0 radical (unpaired) electrons. The second kappa shape index (κ2) is 6.70. The molecule has 0 amide bonds. The molecular weight excluding hydrogens is 222 g/mol. The average molecular weight is 239 g/mol. The fraction of sp³-hybridized carbons (Fsp3) is 0.700. The van der Waals surface area contributed by atoms with Crippen LogP contribution in [0.2, 0.25) is 0 Å². The fourth-order valence-electron chi connectivity index (χ4n) is 1.63. The van der Waals surface area contributed by atoms with Crippen LogP contribution in [0, 0.1) is 11.5 Å². The molecule has 0 aromatic carbocycles. The predicted molar refractivity (Wildman–Crippen MR) is 61.8 cm³/mol. The standard InChI is InChI=1S/C10H17N5O2/c1-17-9(16)8(12)6-13-10(14-7-11)15-4-2-3-5-15/h8H,2-6,12H2,1H3,(H,13,14)/t8-/m0/s1. The van der Waals surface area contributed by atoms with Crippen LogP contribution in [0.4, 0.5) is 0 Å². The number of hydrogen-bond acceptors (Lipinski definition) is 5. The van der Waals surface area contributed by atoms with Crippen molar-refractivity contribution < 1.29 is 9.53 Å². The number of aliphatic imine (C=N–C) groups is 1. The van der Waals surface area contributed by atoms with E-state index in [1.165, 1.54) is 7.11 Å². The summed E-state index contributed by atoms with van der Waals surface area (Å²) >= 11 is 0. The van der Waals surface area contributed by atoms with Crippen molar-refractivity contribution in [3.8, 4) is 6.19 Å². The Labute approximate surface area is 100 Å². The summed E-state index contributed by atoms with van der Waals surface area (Å²) in [5.74, 6) is -0.0143. The van der Waals surface area contributed by atoms with Crippen molar-refractivity contribution in [2.45, 2.75) is 18.9 Å². The van der Waals surface area contributed by atoms with Gasteiger partial charge in [-0.25, -0.2) is 0 Å². The first-order valence-corrected chi connectivity index (χ1v) is 5.48. The number of hydrogen-bond donors (Lipinski definition) is 2. The molecule has 7 nitrogen and oxygen atoms in total. The molecule has 0 aromatic rings. The lowest BCUT2D eigenvalue weighted by molar-refractivity contribution is -0.141. The number of carbonyl (C=O) groups is 1. The smallest absolute Gasteiger partial charge is 0.324 e. The van der Waals surface area contributed by atoms with Gasteiger partial charge in [-0.05, 0) is 12.8 Å². The Balaban J connectivity index is 2.48. The van der Waals surface area contributed by atoms with Gasteiger partial charge in [0.15, 0.2) is 0 Å². The highest BCUT2D eigenvalue weighted by atomic mass is 16.5. The molecule has 3 N–H and O–H groups in total. The zero-order chi connectivity index (χ0) is 12.7. The molecule has 7 heteroatoms. The summed E-state index contributed by atoms with van der Waals surface area (Å²) in [4.78, 5) is 16.8. The lowest BCUT2D eigenvalue weighted by Crippen LogP contribution is -2.47. The fourth-order valence-corrected chi connectivity index (χ4v) is 1.63. The monoisotopic (exact) mass is 239 g/mol. The van der Waals surface area contributed by atoms with E-state index in [1.807, 2.05) is 4.90 Å². The minimum absolute atomic E-state index is 0.198. The van der Waals surface area contributed by atoms with E-state index in [2.05, 4.69) is 15.0 Å². The number of ether oxygens (including phenoxy) is 1. The lowest BCUT2D eigenvalue weighted by atomic mass is 10.3. The van der Waals surface area contributed by atoms with E-state index in [4.69, 9.17) is 11.0 Å². The molecule has 0 bridgehead atoms. The van der Waals surface area contributed by atoms with Crippen LogP contribution < -0.4 is 11.1 Å². The molecule has 0 aliphatic carbocycles. The van der Waals surface area contributed by atoms with E-state index in [-0.39, 0.29) is 6.54 Å². The number of esters is 1. The summed E-state index contributed by atoms with van der Waals surface area (Å²) in [7, 11) is 1.28. The maximum atomic E-state index is 11.1. The Morgan fingerprint density at radius 3 is 2.82 bits per heavy atom. The van der Waals surface area contributed by atoms with E-state index in [1.54, 1.807) is 6.19 Å². The normalized spacial score (nSPS) is 17.5. The van der Waals surface area contributed by atoms with E-state index >= 15 is 0 Å². The summed E-state index contributed by atoms with van der Waals surface area (Å²) in [5, 5.41) is 11.5. The van der Waals surface area contributed by atoms with Crippen molar-refractivity contribution in [3.63, 3.8) is 0 Å². The van der Waals surface area contributed by atoms with E-state index in [0.717, 1.165) is 25.9 Å². The molecule has 17 heavy (non-hydrogen) atoms. The van der Waals surface area contributed by atoms with Crippen molar-refractivity contribution in [2.24, 2.45) is 10.7 Å². The first-order chi connectivity index (χ1) is 8.19. The highest BCUT2D eigenvalue weighted by Crippen LogP contribution is 2.07. The van der Waals surface area contributed by atoms with Gasteiger partial charge in [0.1, 0.15) is 6.04 Å². The molecule has 1 rings (SSSR count). The van der Waals surface area contributed by atoms with Gasteiger partial charge in [-0.2, -0.15) is 5.26 Å². The summed E-state index contributed by atoms with van der Waals surface area (Å²) in [6.45, 7) is 1.92. The van der Waals surface area contributed by atoms with Gasteiger partial charge in [0, 0.05) is 19.6 Å². The maximum absolute atomic E-state index is 11.1. The highest BCUT2D eigenvalue weighted by Gasteiger charge is 2.19. The largest absolute Gasteiger partial charge is 0.468 e. The van der Waals surface area contributed by atoms with Crippen molar-refractivity contribution in [1.82, 2.24) is 10.2 Å². The Morgan fingerprint density at radius 1 is 1.65 bits per heavy atom. The zero-order valence-corrected chi connectivity index (χ0v) is 9.85. The van der Waals surface area contributed by atoms with E-state index in [9.17, 15) is 4.79 Å². The quantitative estimate of drug-likeness (QED) is 0.283. The van der Waals surface area contributed by atoms with Crippen LogP contribution in [0.5, 0.6) is 0 Å². The molecule has 0 saturated carbocycles. The third kappa shape index (κ3) is 3.92. The number of rotatable bonds is 3. The van der Waals surface area contributed by atoms with Gasteiger partial charge in [-0.15, -0.1) is 4.99 Å². The van der Waals surface area contributed by atoms with Crippen LogP contribution in [0.15, 0.2) is 4.99 Å². The molecule has 0 unspecified atom stereocenters. The third-order valence-electron chi connectivity index (χ3n) is 2.55. The Kier molecular flexibility index (Phi) is 5.23. The van der Waals surface area contributed by atoms with Gasteiger partial charge >= 0.3 is 5.97 Å². The van der Waals surface area contributed by atoms with Crippen LogP contribution in [0.1, 0.15) is 12.8 Å². The number of nitrogens with one attached hydrogen (secondary N) is 1. The van der Waals surface area contributed by atoms with Gasteiger partial charge in [0.2, 0.25) is 12.2 Å². The number of likely N-dealkylation sites (tertiary alicyclic amines) is 1. The van der Waals surface area contributed by atoms with Gasteiger partial charge in [0.05, 0.1) is 7.11 Å². The van der Waals surface area contributed by atoms with Crippen LogP contribution in [0.3, 0.4) is 0 Å². The van der Waals surface area contributed by atoms with Crippen molar-refractivity contribution in [3.05, 3.63) is 0 Å². The minimum Gasteiger partial charge on any atom is -0.468 e. The van der Waals surface area contributed by atoms with Gasteiger partial charge in [-0.1, -0.05) is 0 Å². The molecule has 1 aliphatic heterocycles. The average Bonchev–Trinajstić information content (AvgIpc) is 2.86. The second-order valence-corrected chi connectivity index (χ2v) is 3.74. The third-order valence-corrected chi connectivity index (χ3v) is 2.55. The molecular formula is C10H17N5O2. The van der Waals surface area contributed by atoms with Crippen molar-refractivity contribution in [2.75, 3.05) is 26.7 Å². The van der Waals surface area contributed by atoms with Crippen molar-refractivity contribution in [1.29, 1.82) is 5.26 Å². The number of carbonyl (C=O) groups excluding carboxylic acids is 1. The van der Waals surface area contributed by atoms with E-state index in [0.29, 0.717) is 5.96 Å². The van der Waals surface area contributed by atoms with Crippen LogP contribution in [0.25, 0.3) is 0 Å². The molecule has 1 fully saturated rings. The number of nitrogens with zero attached hydrogens (tertiary/aromatic N) is 3. The number of methoxy groups -OCH3 is 1. The molecule has 1 heterocycles. The predicted octanol–water partition coefficient (Wildman–Crippen LogP) is -0.991. The molecule has 1 saturated heterocycles. The maximum Gasteiger partial charge on any atom is 0.324 e. The Bertz CT molecular complexity index is 330. The summed E-state index contributed by atoms with van der Waals surface area (Å²) < 4.78 is 4.51. The van der Waals surface area contributed by atoms with Crippen LogP contribution in [-0.2, 0) is 9.53 Å². The molecule has 0 aromatic heterocycles. The number of nitrogens with two attached hydrogens (primary N) is 1. The number of guanidine groups is 1. The second-order valence-electron chi connectivity index (χ2n) is 3.74. The van der Waals surface area contributed by atoms with Gasteiger partial charge in [-0.3, -0.25) is 4.79 Å². The first-order valence-electron chi connectivity index (χ1n) is 5.48. The zero-order valence-electron chi connectivity index (χ0n) is 9.85. The van der Waals surface area contributed by atoms with Gasteiger partial charge in [0.25, 0.3) is 0 Å². The van der Waals surface area contributed by atoms with E-state index < -0.39 is 12.0 Å². The number of nitriles is 1. The SMILES string of the molecule is COC(=O)[C@@H](N)CN/C(=N\C#N)N1CCCC1. The topological polar surface area (TPSA) is 104 Å².